The highest BCUT2D eigenvalue weighted by Gasteiger charge is 2.13. The molecule has 1 heterocycles. The summed E-state index contributed by atoms with van der Waals surface area (Å²) in [5.41, 5.74) is 3.08. The van der Waals surface area contributed by atoms with Crippen LogP contribution in [0.3, 0.4) is 0 Å². The van der Waals surface area contributed by atoms with E-state index in [1.807, 2.05) is 5.38 Å². The molecule has 1 atom stereocenters. The molecule has 2 aromatic rings. The molecule has 0 bridgehead atoms. The van der Waals surface area contributed by atoms with Crippen molar-refractivity contribution in [3.63, 3.8) is 0 Å². The summed E-state index contributed by atoms with van der Waals surface area (Å²) in [6.45, 7) is 0. The smallest absolute Gasteiger partial charge is 0.129 e. The van der Waals surface area contributed by atoms with Crippen LogP contribution in [-0.2, 0) is 12.8 Å². The molecule has 6 heteroatoms. The molecule has 1 aromatic heterocycles. The van der Waals surface area contributed by atoms with Gasteiger partial charge in [0.1, 0.15) is 11.6 Å². The zero-order valence-corrected chi connectivity index (χ0v) is 10.4. The number of hydrogen-bond acceptors (Lipinski definition) is 4. The van der Waals surface area contributed by atoms with Crippen molar-refractivity contribution in [2.24, 2.45) is 5.84 Å². The standard InChI is InChI=1S/C12H13F2N3S/c13-9-2-1-8(11(14)6-9)5-10(17-15)7-12-16-3-4-18-12/h1-4,6,10,17H,5,7,15H2. The van der Waals surface area contributed by atoms with Gasteiger partial charge in [0.05, 0.1) is 5.01 Å². The van der Waals surface area contributed by atoms with Gasteiger partial charge in [0, 0.05) is 30.1 Å². The second-order valence-electron chi connectivity index (χ2n) is 3.93. The summed E-state index contributed by atoms with van der Waals surface area (Å²) in [5, 5.41) is 2.81. The third-order valence-electron chi connectivity index (χ3n) is 2.62. The predicted molar refractivity (Wildman–Crippen MR) is 67.0 cm³/mol. The van der Waals surface area contributed by atoms with E-state index in [1.165, 1.54) is 23.5 Å². The van der Waals surface area contributed by atoms with E-state index in [4.69, 9.17) is 5.84 Å². The van der Waals surface area contributed by atoms with Crippen molar-refractivity contribution in [3.05, 3.63) is 52.0 Å². The second-order valence-corrected chi connectivity index (χ2v) is 4.91. The summed E-state index contributed by atoms with van der Waals surface area (Å²) < 4.78 is 26.3. The lowest BCUT2D eigenvalue weighted by molar-refractivity contribution is 0.501. The average Bonchev–Trinajstić information content (AvgIpc) is 2.84. The lowest BCUT2D eigenvalue weighted by Crippen LogP contribution is -2.38. The Balaban J connectivity index is 2.05. The number of rotatable bonds is 5. The molecule has 0 saturated heterocycles. The lowest BCUT2D eigenvalue weighted by atomic mass is 10.0. The maximum atomic E-state index is 13.5. The van der Waals surface area contributed by atoms with Crippen LogP contribution in [0.25, 0.3) is 0 Å². The molecule has 0 spiro atoms. The van der Waals surface area contributed by atoms with Gasteiger partial charge in [0.2, 0.25) is 0 Å². The van der Waals surface area contributed by atoms with Gasteiger partial charge < -0.3 is 0 Å². The molecule has 2 rings (SSSR count). The van der Waals surface area contributed by atoms with Crippen molar-refractivity contribution in [2.75, 3.05) is 0 Å². The minimum atomic E-state index is -0.576. The highest BCUT2D eigenvalue weighted by Crippen LogP contribution is 2.14. The summed E-state index contributed by atoms with van der Waals surface area (Å²) in [6.07, 6.45) is 2.72. The predicted octanol–water partition coefficient (Wildman–Crippen LogP) is 2.04. The summed E-state index contributed by atoms with van der Waals surface area (Å²) in [7, 11) is 0. The van der Waals surface area contributed by atoms with Gasteiger partial charge in [-0.05, 0) is 18.1 Å². The van der Waals surface area contributed by atoms with Gasteiger partial charge in [-0.1, -0.05) is 6.07 Å². The Kier molecular flexibility index (Phi) is 4.35. The van der Waals surface area contributed by atoms with Gasteiger partial charge in [-0.25, -0.2) is 13.8 Å². The number of benzene rings is 1. The van der Waals surface area contributed by atoms with Gasteiger partial charge in [-0.2, -0.15) is 0 Å². The van der Waals surface area contributed by atoms with Crippen LogP contribution in [0.1, 0.15) is 10.6 Å². The van der Waals surface area contributed by atoms with Crippen LogP contribution < -0.4 is 11.3 Å². The highest BCUT2D eigenvalue weighted by molar-refractivity contribution is 7.09. The Morgan fingerprint density at radius 2 is 2.17 bits per heavy atom. The molecule has 0 radical (unpaired) electrons. The first kappa shape index (κ1) is 13.1. The number of hydrazine groups is 1. The van der Waals surface area contributed by atoms with E-state index < -0.39 is 11.6 Å². The van der Waals surface area contributed by atoms with Gasteiger partial charge in [-0.15, -0.1) is 11.3 Å². The van der Waals surface area contributed by atoms with Crippen molar-refractivity contribution in [1.82, 2.24) is 10.4 Å². The van der Waals surface area contributed by atoms with Crippen LogP contribution in [0, 0.1) is 11.6 Å². The van der Waals surface area contributed by atoms with Crippen molar-refractivity contribution in [2.45, 2.75) is 18.9 Å². The molecule has 1 unspecified atom stereocenters. The molecule has 0 aliphatic carbocycles. The van der Waals surface area contributed by atoms with Crippen LogP contribution >= 0.6 is 11.3 Å². The third kappa shape index (κ3) is 3.32. The molecule has 0 saturated carbocycles. The van der Waals surface area contributed by atoms with Crippen LogP contribution in [0.2, 0.25) is 0 Å². The van der Waals surface area contributed by atoms with E-state index >= 15 is 0 Å². The number of nitrogens with zero attached hydrogens (tertiary/aromatic N) is 1. The minimum Gasteiger partial charge on any atom is -0.271 e. The number of nitrogens with two attached hydrogens (primary N) is 1. The van der Waals surface area contributed by atoms with Crippen molar-refractivity contribution in [3.8, 4) is 0 Å². The Morgan fingerprint density at radius 1 is 1.33 bits per heavy atom. The molecule has 0 amide bonds. The lowest BCUT2D eigenvalue weighted by Gasteiger charge is -2.14. The first-order valence-corrected chi connectivity index (χ1v) is 6.35. The maximum Gasteiger partial charge on any atom is 0.129 e. The summed E-state index contributed by atoms with van der Waals surface area (Å²) in [6, 6.07) is 3.44. The Bertz CT molecular complexity index is 502. The first-order chi connectivity index (χ1) is 8.69. The zero-order chi connectivity index (χ0) is 13.0. The second kappa shape index (κ2) is 5.99. The van der Waals surface area contributed by atoms with Crippen LogP contribution in [0.5, 0.6) is 0 Å². The Morgan fingerprint density at radius 3 is 2.78 bits per heavy atom. The fourth-order valence-electron chi connectivity index (χ4n) is 1.71. The molecule has 1 aromatic carbocycles. The summed E-state index contributed by atoms with van der Waals surface area (Å²) in [4.78, 5) is 4.15. The molecule has 0 aliphatic heterocycles. The Labute approximate surface area is 108 Å². The van der Waals surface area contributed by atoms with E-state index in [9.17, 15) is 8.78 Å². The SMILES string of the molecule is NNC(Cc1nccs1)Cc1ccc(F)cc1F. The van der Waals surface area contributed by atoms with Gasteiger partial charge in [0.25, 0.3) is 0 Å². The highest BCUT2D eigenvalue weighted by atomic mass is 32.1. The average molecular weight is 269 g/mol. The topological polar surface area (TPSA) is 50.9 Å². The largest absolute Gasteiger partial charge is 0.271 e. The zero-order valence-electron chi connectivity index (χ0n) is 9.57. The number of halogens is 2. The van der Waals surface area contributed by atoms with Gasteiger partial charge in [0.15, 0.2) is 0 Å². The Hall–Kier alpha value is -1.37. The molecule has 96 valence electrons. The molecule has 0 fully saturated rings. The van der Waals surface area contributed by atoms with E-state index in [1.54, 1.807) is 6.20 Å². The fourth-order valence-corrected chi connectivity index (χ4v) is 2.41. The quantitative estimate of drug-likeness (QED) is 0.645. The maximum absolute atomic E-state index is 13.5. The van der Waals surface area contributed by atoms with Crippen LogP contribution in [-0.4, -0.2) is 11.0 Å². The molecule has 18 heavy (non-hydrogen) atoms. The van der Waals surface area contributed by atoms with Gasteiger partial charge in [-0.3, -0.25) is 11.3 Å². The van der Waals surface area contributed by atoms with E-state index in [2.05, 4.69) is 10.4 Å². The summed E-state index contributed by atoms with van der Waals surface area (Å²) >= 11 is 1.52. The van der Waals surface area contributed by atoms with E-state index in [0.717, 1.165) is 11.1 Å². The fraction of sp³-hybridized carbons (Fsp3) is 0.250. The number of thiazole rings is 1. The normalized spacial score (nSPS) is 12.6. The van der Waals surface area contributed by atoms with Crippen LogP contribution in [0.15, 0.2) is 29.8 Å². The van der Waals surface area contributed by atoms with Crippen molar-refractivity contribution in [1.29, 1.82) is 0 Å². The van der Waals surface area contributed by atoms with Crippen molar-refractivity contribution < 1.29 is 8.78 Å². The minimum absolute atomic E-state index is 0.129. The molecular weight excluding hydrogens is 256 g/mol. The number of aromatic nitrogens is 1. The molecular formula is C12H13F2N3S. The third-order valence-corrected chi connectivity index (χ3v) is 3.42. The number of nitrogens with one attached hydrogen (secondary N) is 1. The molecule has 3 nitrogen and oxygen atoms in total. The summed E-state index contributed by atoms with van der Waals surface area (Å²) in [5.74, 6) is 4.33. The monoisotopic (exact) mass is 269 g/mol. The van der Waals surface area contributed by atoms with E-state index in [-0.39, 0.29) is 6.04 Å². The van der Waals surface area contributed by atoms with Crippen LogP contribution in [0.4, 0.5) is 8.78 Å². The first-order valence-electron chi connectivity index (χ1n) is 5.47. The molecule has 3 N–H and O–H groups in total. The van der Waals surface area contributed by atoms with Crippen molar-refractivity contribution >= 4 is 11.3 Å². The van der Waals surface area contributed by atoms with Gasteiger partial charge >= 0.3 is 0 Å². The molecule has 0 aliphatic rings. The van der Waals surface area contributed by atoms with E-state index in [0.29, 0.717) is 18.4 Å². The number of hydrogen-bond donors (Lipinski definition) is 2.